The highest BCUT2D eigenvalue weighted by Crippen LogP contribution is 2.18. The molecule has 0 fully saturated rings. The molecule has 2 rings (SSSR count). The molecule has 6 heteroatoms. The first-order chi connectivity index (χ1) is 9.40. The smallest absolute Gasteiger partial charge is 0.164 e. The summed E-state index contributed by atoms with van der Waals surface area (Å²) in [5, 5.41) is 0. The molecule has 20 heavy (non-hydrogen) atoms. The van der Waals surface area contributed by atoms with Crippen molar-refractivity contribution in [2.45, 2.75) is 13.1 Å². The predicted octanol–water partition coefficient (Wildman–Crippen LogP) is 1.43. The van der Waals surface area contributed by atoms with E-state index in [-0.39, 0.29) is 17.4 Å². The summed E-state index contributed by atoms with van der Waals surface area (Å²) < 4.78 is 27.2. The number of hydrogen-bond donors (Lipinski definition) is 2. The molecule has 1 heterocycles. The van der Waals surface area contributed by atoms with E-state index in [0.717, 1.165) is 12.1 Å². The highest BCUT2D eigenvalue weighted by Gasteiger charge is 2.15. The number of nitrogens with zero attached hydrogens (tertiary/aromatic N) is 2. The number of allylic oxidation sites excluding steroid dienone is 1. The van der Waals surface area contributed by atoms with E-state index in [0.29, 0.717) is 11.4 Å². The molecule has 0 saturated heterocycles. The van der Waals surface area contributed by atoms with Crippen LogP contribution in [-0.4, -0.2) is 23.8 Å². The number of benzene rings is 1. The number of anilines is 1. The van der Waals surface area contributed by atoms with Crippen LogP contribution in [0.5, 0.6) is 0 Å². The molecule has 0 aliphatic carbocycles. The third-order valence-electron chi connectivity index (χ3n) is 2.93. The Bertz CT molecular complexity index is 668. The van der Waals surface area contributed by atoms with Crippen LogP contribution in [0, 0.1) is 23.5 Å². The van der Waals surface area contributed by atoms with E-state index >= 15 is 0 Å². The van der Waals surface area contributed by atoms with Crippen molar-refractivity contribution in [1.82, 2.24) is 4.90 Å². The van der Waals surface area contributed by atoms with Gasteiger partial charge in [0.1, 0.15) is 17.7 Å². The molecule has 0 saturated carbocycles. The molecule has 0 bridgehead atoms. The minimum atomic E-state index is -0.861. The van der Waals surface area contributed by atoms with Crippen molar-refractivity contribution in [2.75, 3.05) is 12.8 Å². The maximum absolute atomic E-state index is 13.7. The molecule has 0 spiro atoms. The third-order valence-corrected chi connectivity index (χ3v) is 2.93. The molecular formula is C14H14F2N4. The van der Waals surface area contributed by atoms with Crippen LogP contribution in [0.3, 0.4) is 0 Å². The van der Waals surface area contributed by atoms with Crippen molar-refractivity contribution in [3.8, 4) is 11.8 Å². The number of halogens is 2. The minimum absolute atomic E-state index is 0.146. The maximum atomic E-state index is 13.7. The van der Waals surface area contributed by atoms with Crippen LogP contribution in [0.4, 0.5) is 14.5 Å². The molecule has 4 N–H and O–H groups in total. The van der Waals surface area contributed by atoms with E-state index in [1.807, 2.05) is 0 Å². The topological polar surface area (TPSA) is 67.6 Å². The third kappa shape index (κ3) is 2.63. The van der Waals surface area contributed by atoms with Gasteiger partial charge in [-0.2, -0.15) is 0 Å². The molecule has 1 aliphatic heterocycles. The maximum Gasteiger partial charge on any atom is 0.164 e. The second kappa shape index (κ2) is 5.31. The normalized spacial score (nSPS) is 18.1. The van der Waals surface area contributed by atoms with Gasteiger partial charge in [0.2, 0.25) is 0 Å². The highest BCUT2D eigenvalue weighted by molar-refractivity contribution is 5.88. The fourth-order valence-corrected chi connectivity index (χ4v) is 1.72. The number of hydrogen-bond acceptors (Lipinski definition) is 4. The van der Waals surface area contributed by atoms with Crippen LogP contribution < -0.4 is 11.5 Å². The number of nitrogens with two attached hydrogens (primary N) is 2. The Kier molecular flexibility index (Phi) is 3.72. The SMILES string of the molecule is CC1=NC(C#Cc2c(F)ccc(N)c2F)=CN(C)C1N. The molecule has 104 valence electrons. The molecule has 1 aromatic rings. The second-order valence-corrected chi connectivity index (χ2v) is 4.45. The van der Waals surface area contributed by atoms with Crippen LogP contribution >= 0.6 is 0 Å². The quantitative estimate of drug-likeness (QED) is 0.556. The zero-order chi connectivity index (χ0) is 14.9. The molecule has 0 amide bonds. The predicted molar refractivity (Wildman–Crippen MR) is 74.6 cm³/mol. The van der Waals surface area contributed by atoms with E-state index in [1.54, 1.807) is 25.1 Å². The number of rotatable bonds is 0. The summed E-state index contributed by atoms with van der Waals surface area (Å²) in [6, 6.07) is 2.24. The molecule has 4 nitrogen and oxygen atoms in total. The fourth-order valence-electron chi connectivity index (χ4n) is 1.72. The first-order valence-electron chi connectivity index (χ1n) is 5.90. The van der Waals surface area contributed by atoms with Crippen LogP contribution in [0.25, 0.3) is 0 Å². The van der Waals surface area contributed by atoms with Crippen LogP contribution in [0.2, 0.25) is 0 Å². The summed E-state index contributed by atoms with van der Waals surface area (Å²) in [4.78, 5) is 5.89. The van der Waals surface area contributed by atoms with Crippen LogP contribution in [0.15, 0.2) is 29.0 Å². The van der Waals surface area contributed by atoms with Crippen molar-refractivity contribution < 1.29 is 8.78 Å². The molecule has 1 aliphatic rings. The van der Waals surface area contributed by atoms with Gasteiger partial charge in [-0.25, -0.2) is 13.8 Å². The first-order valence-corrected chi connectivity index (χ1v) is 5.90. The van der Waals surface area contributed by atoms with Gasteiger partial charge in [0, 0.05) is 13.2 Å². The molecular weight excluding hydrogens is 262 g/mol. The van der Waals surface area contributed by atoms with Crippen LogP contribution in [-0.2, 0) is 0 Å². The van der Waals surface area contributed by atoms with E-state index in [9.17, 15) is 8.78 Å². The molecule has 1 unspecified atom stereocenters. The minimum Gasteiger partial charge on any atom is -0.396 e. The number of nitrogen functional groups attached to an aromatic ring is 1. The second-order valence-electron chi connectivity index (χ2n) is 4.45. The molecule has 0 radical (unpaired) electrons. The summed E-state index contributed by atoms with van der Waals surface area (Å²) in [6.45, 7) is 1.76. The largest absolute Gasteiger partial charge is 0.396 e. The monoisotopic (exact) mass is 276 g/mol. The Balaban J connectivity index is 2.38. The summed E-state index contributed by atoms with van der Waals surface area (Å²) >= 11 is 0. The van der Waals surface area contributed by atoms with Crippen LogP contribution in [0.1, 0.15) is 12.5 Å². The average Bonchev–Trinajstić information content (AvgIpc) is 2.40. The van der Waals surface area contributed by atoms with Gasteiger partial charge in [-0.15, -0.1) is 0 Å². The van der Waals surface area contributed by atoms with Crippen molar-refractivity contribution in [3.05, 3.63) is 41.2 Å². The summed E-state index contributed by atoms with van der Waals surface area (Å²) in [5.41, 5.74) is 11.8. The van der Waals surface area contributed by atoms with Crippen molar-refractivity contribution in [3.63, 3.8) is 0 Å². The molecule has 1 aromatic carbocycles. The lowest BCUT2D eigenvalue weighted by atomic mass is 10.1. The molecule has 1 atom stereocenters. The fraction of sp³-hybridized carbons (Fsp3) is 0.214. The Morgan fingerprint density at radius 3 is 2.65 bits per heavy atom. The van der Waals surface area contributed by atoms with Crippen molar-refractivity contribution >= 4 is 11.4 Å². The van der Waals surface area contributed by atoms with Gasteiger partial charge in [0.25, 0.3) is 0 Å². The lowest BCUT2D eigenvalue weighted by Crippen LogP contribution is -2.43. The Morgan fingerprint density at radius 1 is 1.30 bits per heavy atom. The Morgan fingerprint density at radius 2 is 2.00 bits per heavy atom. The van der Waals surface area contributed by atoms with Gasteiger partial charge in [0.05, 0.1) is 17.0 Å². The lowest BCUT2D eigenvalue weighted by molar-refractivity contribution is 0.403. The molecule has 0 aromatic heterocycles. The van der Waals surface area contributed by atoms with Gasteiger partial charge < -0.3 is 16.4 Å². The Labute approximate surface area is 115 Å². The summed E-state index contributed by atoms with van der Waals surface area (Å²) in [5.74, 6) is 3.42. The van der Waals surface area contributed by atoms with E-state index in [4.69, 9.17) is 11.5 Å². The van der Waals surface area contributed by atoms with Gasteiger partial charge in [-0.1, -0.05) is 5.92 Å². The van der Waals surface area contributed by atoms with Crippen molar-refractivity contribution in [1.29, 1.82) is 0 Å². The first kappa shape index (κ1) is 14.0. The average molecular weight is 276 g/mol. The van der Waals surface area contributed by atoms with E-state index < -0.39 is 11.6 Å². The number of aliphatic imine (C=N–C) groups is 1. The zero-order valence-corrected chi connectivity index (χ0v) is 11.1. The van der Waals surface area contributed by atoms with Gasteiger partial charge in [-0.05, 0) is 25.0 Å². The van der Waals surface area contributed by atoms with E-state index in [1.165, 1.54) is 0 Å². The summed E-state index contributed by atoms with van der Waals surface area (Å²) in [7, 11) is 1.77. The highest BCUT2D eigenvalue weighted by atomic mass is 19.1. The summed E-state index contributed by atoms with van der Waals surface area (Å²) in [6.07, 6.45) is 1.30. The van der Waals surface area contributed by atoms with Gasteiger partial charge in [0.15, 0.2) is 5.82 Å². The van der Waals surface area contributed by atoms with Gasteiger partial charge >= 0.3 is 0 Å². The Hall–Kier alpha value is -2.39. The van der Waals surface area contributed by atoms with E-state index in [2.05, 4.69) is 16.8 Å². The van der Waals surface area contributed by atoms with Gasteiger partial charge in [-0.3, -0.25) is 0 Å². The van der Waals surface area contributed by atoms with Crippen molar-refractivity contribution in [2.24, 2.45) is 10.7 Å². The standard InChI is InChI=1S/C14H14F2N4/c1-8-14(18)20(2)7-9(19-8)3-4-10-11(15)5-6-12(17)13(10)16/h5-7,14H,17-18H2,1-2H3. The zero-order valence-electron chi connectivity index (χ0n) is 11.1. The lowest BCUT2D eigenvalue weighted by Gasteiger charge is -2.26.